The van der Waals surface area contributed by atoms with Crippen molar-refractivity contribution in [3.8, 4) is 0 Å². The van der Waals surface area contributed by atoms with Gasteiger partial charge in [0.2, 0.25) is 5.91 Å². The summed E-state index contributed by atoms with van der Waals surface area (Å²) in [6.07, 6.45) is 2.90. The molecule has 7 heteroatoms. The van der Waals surface area contributed by atoms with Crippen molar-refractivity contribution >= 4 is 28.0 Å². The van der Waals surface area contributed by atoms with Crippen LogP contribution >= 0.6 is 11.3 Å². The predicted octanol–water partition coefficient (Wildman–Crippen LogP) is 0.181. The molecular formula is C11H15N5OS. The Hall–Kier alpha value is -1.60. The Morgan fingerprint density at radius 1 is 1.56 bits per heavy atom. The smallest absolute Gasteiger partial charge is 0.239 e. The molecule has 18 heavy (non-hydrogen) atoms. The second-order valence-corrected chi connectivity index (χ2v) is 5.14. The maximum absolute atomic E-state index is 11.6. The van der Waals surface area contributed by atoms with Gasteiger partial charge in [0.1, 0.15) is 0 Å². The Bertz CT molecular complexity index is 575. The quantitative estimate of drug-likeness (QED) is 0.812. The Balaban J connectivity index is 2.01. The van der Waals surface area contributed by atoms with Gasteiger partial charge in [0.05, 0.1) is 12.2 Å². The maximum Gasteiger partial charge on any atom is 0.239 e. The third kappa shape index (κ3) is 1.85. The van der Waals surface area contributed by atoms with Crippen molar-refractivity contribution in [2.24, 2.45) is 5.73 Å². The topological polar surface area (TPSA) is 75.7 Å². The van der Waals surface area contributed by atoms with Crippen LogP contribution in [0.3, 0.4) is 0 Å². The zero-order valence-corrected chi connectivity index (χ0v) is 10.7. The van der Waals surface area contributed by atoms with Crippen LogP contribution in [0.2, 0.25) is 0 Å². The van der Waals surface area contributed by atoms with E-state index in [1.807, 2.05) is 20.9 Å². The Labute approximate surface area is 108 Å². The highest BCUT2D eigenvalue weighted by molar-refractivity contribution is 7.15. The molecule has 0 bridgehead atoms. The number of hydrogen-bond donors (Lipinski definition) is 2. The first-order valence-electron chi connectivity index (χ1n) is 5.95. The molecule has 3 rings (SSSR count). The number of amides is 1. The summed E-state index contributed by atoms with van der Waals surface area (Å²) in [4.78, 5) is 19.1. The number of nitrogens with zero attached hydrogens (tertiary/aromatic N) is 3. The predicted molar refractivity (Wildman–Crippen MR) is 70.8 cm³/mol. The first kappa shape index (κ1) is 11.5. The molecular weight excluding hydrogens is 250 g/mol. The lowest BCUT2D eigenvalue weighted by Crippen LogP contribution is -2.34. The van der Waals surface area contributed by atoms with Gasteiger partial charge in [-0.1, -0.05) is 0 Å². The Morgan fingerprint density at radius 2 is 2.44 bits per heavy atom. The van der Waals surface area contributed by atoms with Crippen molar-refractivity contribution in [1.82, 2.24) is 14.7 Å². The van der Waals surface area contributed by atoms with Gasteiger partial charge in [0.25, 0.3) is 0 Å². The van der Waals surface area contributed by atoms with Crippen molar-refractivity contribution in [3.05, 3.63) is 17.3 Å². The van der Waals surface area contributed by atoms with Crippen molar-refractivity contribution in [1.29, 1.82) is 0 Å². The molecule has 0 spiro atoms. The van der Waals surface area contributed by atoms with Gasteiger partial charge in [-0.05, 0) is 6.42 Å². The van der Waals surface area contributed by atoms with Crippen LogP contribution < -0.4 is 16.0 Å². The summed E-state index contributed by atoms with van der Waals surface area (Å²) in [5.41, 5.74) is 6.79. The van der Waals surface area contributed by atoms with Crippen molar-refractivity contribution in [2.45, 2.75) is 13.0 Å². The number of rotatable bonds is 2. The molecule has 96 valence electrons. The van der Waals surface area contributed by atoms with Crippen molar-refractivity contribution in [2.75, 3.05) is 24.5 Å². The van der Waals surface area contributed by atoms with Crippen LogP contribution in [0.5, 0.6) is 0 Å². The SMILES string of the molecule is NCc1c(N2CCCNC(=O)C2)nc2sccn12. The summed E-state index contributed by atoms with van der Waals surface area (Å²) in [5, 5.41) is 4.85. The molecule has 6 nitrogen and oxygen atoms in total. The number of fused-ring (bicyclic) bond motifs is 1. The number of thiazole rings is 1. The van der Waals surface area contributed by atoms with Crippen molar-refractivity contribution in [3.63, 3.8) is 0 Å². The van der Waals surface area contributed by atoms with E-state index in [1.54, 1.807) is 11.3 Å². The van der Waals surface area contributed by atoms with E-state index >= 15 is 0 Å². The van der Waals surface area contributed by atoms with Gasteiger partial charge in [-0.15, -0.1) is 11.3 Å². The largest absolute Gasteiger partial charge is 0.354 e. The normalized spacial score (nSPS) is 16.9. The van der Waals surface area contributed by atoms with Gasteiger partial charge in [-0.25, -0.2) is 4.98 Å². The van der Waals surface area contributed by atoms with E-state index < -0.39 is 0 Å². The highest BCUT2D eigenvalue weighted by Gasteiger charge is 2.21. The van der Waals surface area contributed by atoms with Gasteiger partial charge < -0.3 is 16.0 Å². The van der Waals surface area contributed by atoms with Crippen LogP contribution in [-0.2, 0) is 11.3 Å². The summed E-state index contributed by atoms with van der Waals surface area (Å²) >= 11 is 1.58. The fourth-order valence-corrected chi connectivity index (χ4v) is 2.98. The summed E-state index contributed by atoms with van der Waals surface area (Å²) < 4.78 is 2.00. The minimum absolute atomic E-state index is 0.0480. The van der Waals surface area contributed by atoms with Crippen LogP contribution in [0.15, 0.2) is 11.6 Å². The zero-order valence-electron chi connectivity index (χ0n) is 9.93. The summed E-state index contributed by atoms with van der Waals surface area (Å²) in [5.74, 6) is 0.897. The maximum atomic E-state index is 11.6. The molecule has 2 aromatic rings. The summed E-state index contributed by atoms with van der Waals surface area (Å²) in [7, 11) is 0. The van der Waals surface area contributed by atoms with Crippen LogP contribution in [-0.4, -0.2) is 34.9 Å². The zero-order chi connectivity index (χ0) is 12.5. The molecule has 1 aliphatic heterocycles. The van der Waals surface area contributed by atoms with Gasteiger partial charge >= 0.3 is 0 Å². The minimum Gasteiger partial charge on any atom is -0.354 e. The number of aromatic nitrogens is 2. The monoisotopic (exact) mass is 265 g/mol. The number of anilines is 1. The van der Waals surface area contributed by atoms with Gasteiger partial charge in [-0.3, -0.25) is 9.20 Å². The third-order valence-corrected chi connectivity index (χ3v) is 3.85. The second-order valence-electron chi connectivity index (χ2n) is 4.27. The highest BCUT2D eigenvalue weighted by atomic mass is 32.1. The molecule has 0 aromatic carbocycles. The fourth-order valence-electron chi connectivity index (χ4n) is 2.25. The minimum atomic E-state index is 0.0480. The summed E-state index contributed by atoms with van der Waals surface area (Å²) in [6.45, 7) is 2.34. The van der Waals surface area contributed by atoms with Crippen LogP contribution in [0.1, 0.15) is 12.1 Å². The first-order valence-corrected chi connectivity index (χ1v) is 6.83. The van der Waals surface area contributed by atoms with Gasteiger partial charge in [-0.2, -0.15) is 0 Å². The van der Waals surface area contributed by atoms with E-state index in [0.717, 1.165) is 36.0 Å². The van der Waals surface area contributed by atoms with Gasteiger partial charge in [0, 0.05) is 31.2 Å². The fraction of sp³-hybridized carbons (Fsp3) is 0.455. The molecule has 0 saturated carbocycles. The molecule has 0 unspecified atom stereocenters. The number of carbonyl (C=O) groups is 1. The molecule has 3 heterocycles. The summed E-state index contributed by atoms with van der Waals surface area (Å²) in [6, 6.07) is 0. The van der Waals surface area contributed by atoms with E-state index in [4.69, 9.17) is 5.73 Å². The first-order chi connectivity index (χ1) is 8.79. The Morgan fingerprint density at radius 3 is 3.28 bits per heavy atom. The lowest BCUT2D eigenvalue weighted by atomic mass is 10.3. The van der Waals surface area contributed by atoms with Crippen molar-refractivity contribution < 1.29 is 4.79 Å². The molecule has 0 aliphatic carbocycles. The molecule has 3 N–H and O–H groups in total. The number of nitrogens with one attached hydrogen (secondary N) is 1. The second kappa shape index (κ2) is 4.58. The standard InChI is InChI=1S/C11H15N5OS/c12-6-8-10(14-11-16(8)4-5-18-11)15-3-1-2-13-9(17)7-15/h4-5H,1-3,6-7,12H2,(H,13,17). The lowest BCUT2D eigenvalue weighted by molar-refractivity contribution is -0.119. The molecule has 1 fully saturated rings. The van der Waals surface area contributed by atoms with E-state index in [9.17, 15) is 4.79 Å². The van der Waals surface area contributed by atoms with Crippen LogP contribution in [0.25, 0.3) is 4.96 Å². The molecule has 0 radical (unpaired) electrons. The molecule has 1 saturated heterocycles. The van der Waals surface area contributed by atoms with E-state index in [-0.39, 0.29) is 5.91 Å². The number of nitrogens with two attached hydrogens (primary N) is 1. The number of imidazole rings is 1. The van der Waals surface area contributed by atoms with E-state index in [2.05, 4.69) is 10.3 Å². The van der Waals surface area contributed by atoms with E-state index in [1.165, 1.54) is 0 Å². The van der Waals surface area contributed by atoms with Gasteiger partial charge in [0.15, 0.2) is 10.8 Å². The Kier molecular flexibility index (Phi) is 2.92. The number of hydrogen-bond acceptors (Lipinski definition) is 5. The highest BCUT2D eigenvalue weighted by Crippen LogP contribution is 2.24. The molecule has 0 atom stereocenters. The van der Waals surface area contributed by atoms with Crippen LogP contribution in [0.4, 0.5) is 5.82 Å². The third-order valence-electron chi connectivity index (χ3n) is 3.09. The van der Waals surface area contributed by atoms with E-state index in [0.29, 0.717) is 13.1 Å². The molecule has 1 amide bonds. The van der Waals surface area contributed by atoms with Crippen LogP contribution in [0, 0.1) is 0 Å². The molecule has 2 aromatic heterocycles. The number of carbonyl (C=O) groups excluding carboxylic acids is 1. The lowest BCUT2D eigenvalue weighted by Gasteiger charge is -2.19. The average molecular weight is 265 g/mol. The molecule has 1 aliphatic rings. The average Bonchev–Trinajstić information content (AvgIpc) is 2.86.